The summed E-state index contributed by atoms with van der Waals surface area (Å²) in [5.74, 6) is 0. The van der Waals surface area contributed by atoms with Crippen molar-refractivity contribution in [2.45, 2.75) is 0 Å². The molecule has 0 aliphatic heterocycles. The largest absolute Gasteiger partial charge is 1.00 e. The molecule has 0 fully saturated rings. The van der Waals surface area contributed by atoms with Gasteiger partial charge in [-0.1, -0.05) is 30.3 Å². The minimum Gasteiger partial charge on any atom is -0.907 e. The van der Waals surface area contributed by atoms with Crippen LogP contribution in [0.5, 0.6) is 0 Å². The smallest absolute Gasteiger partial charge is 0.907 e. The van der Waals surface area contributed by atoms with E-state index in [4.69, 9.17) is 131 Å². The number of benzene rings is 1. The molecular weight excluding hydrogens is 1140 g/mol. The van der Waals surface area contributed by atoms with Crippen molar-refractivity contribution in [1.82, 2.24) is 0 Å². The van der Waals surface area contributed by atoms with E-state index in [9.17, 15) is 0 Å². The van der Waals surface area contributed by atoms with Gasteiger partial charge in [-0.2, -0.15) is 0 Å². The normalized spacial score (nSPS) is 4.58. The Morgan fingerprint density at radius 1 is 0.200 bits per heavy atom. The van der Waals surface area contributed by atoms with Crippen LogP contribution in [0.2, 0.25) is 0 Å². The Morgan fingerprint density at radius 2 is 0.277 bits per heavy atom. The van der Waals surface area contributed by atoms with Crippen LogP contribution >= 0.6 is 0 Å². The van der Waals surface area contributed by atoms with Gasteiger partial charge in [0.1, 0.15) is 0 Å². The van der Waals surface area contributed by atoms with Crippen LogP contribution in [-0.2, 0) is 0 Å². The molecule has 0 saturated carbocycles. The van der Waals surface area contributed by atoms with Gasteiger partial charge in [0.05, 0.1) is 0 Å². The van der Waals surface area contributed by atoms with Gasteiger partial charge in [0, 0.05) is 0 Å². The van der Waals surface area contributed by atoms with Crippen LogP contribution in [0.3, 0.4) is 0 Å². The first-order chi connectivity index (χ1) is 18.2. The molecule has 0 bridgehead atoms. The molecule has 1 rings (SSSR count). The molecule has 0 atom stereocenters. The molecule has 0 aliphatic rings. The van der Waals surface area contributed by atoms with E-state index in [0.717, 1.165) is 0 Å². The molecule has 1 aromatic carbocycles. The van der Waals surface area contributed by atoms with Crippen LogP contribution in [0.1, 0.15) is 0 Å². The van der Waals surface area contributed by atoms with Crippen LogP contribution in [0.4, 0.5) is 0 Å². The van der Waals surface area contributed by atoms with Crippen molar-refractivity contribution in [3.05, 3.63) is 30.3 Å². The SMILES string of the molecule is OB(O)c1ccccc1.[Na+].[Na+].[Na+].[Na+].[Na+].[Na+].[Na+].[Na+].[Na+].[Na+].[Na+].[Na+].[Na+].[Na+].[Na+].[Na+].[Na+].[Na+].[Na+].[Na+].[Na+].[Na+].[Na+].[Na+].[O-]B([O-])[O-].[O-]B([O-])[O-].[O-]B([O-])[O-].[O-]B([O-])[O-].[O-]B([O-])[O-].[O-]B([O-])[O-].[O-]B([O-])[O-].[O-]B([O-])[O-]. The fourth-order valence-corrected chi connectivity index (χ4v) is 0.625. The Morgan fingerprint density at radius 3 is 0.323 bits per heavy atom. The molecular formula is C6H7B9Na24O26. The van der Waals surface area contributed by atoms with Gasteiger partial charge in [0.15, 0.2) is 0 Å². The van der Waals surface area contributed by atoms with Gasteiger partial charge in [0.2, 0.25) is 0 Å². The van der Waals surface area contributed by atoms with Gasteiger partial charge in [-0.05, 0) is 5.46 Å². The molecule has 59 heteroatoms. The van der Waals surface area contributed by atoms with Crippen LogP contribution < -0.4 is 835 Å². The second kappa shape index (κ2) is 191. The van der Waals surface area contributed by atoms with Gasteiger partial charge in [-0.15, -0.1) is 0 Å². The van der Waals surface area contributed by atoms with Crippen molar-refractivity contribution in [1.29, 1.82) is 0 Å². The molecule has 65 heavy (non-hydrogen) atoms. The summed E-state index contributed by atoms with van der Waals surface area (Å²) in [4.78, 5) is 0. The van der Waals surface area contributed by atoms with Crippen molar-refractivity contribution < 1.29 is 840 Å². The van der Waals surface area contributed by atoms with E-state index in [1.165, 1.54) is 0 Å². The molecule has 238 valence electrons. The van der Waals surface area contributed by atoms with Crippen LogP contribution in [0, 0.1) is 0 Å². The molecule has 0 spiro atoms. The minimum atomic E-state index is -2.92. The van der Waals surface area contributed by atoms with Crippen molar-refractivity contribution in [3.63, 3.8) is 0 Å². The third-order valence-corrected chi connectivity index (χ3v) is 1.10. The van der Waals surface area contributed by atoms with Gasteiger partial charge in [0.25, 0.3) is 0 Å². The molecule has 26 nitrogen and oxygen atoms in total. The second-order valence-corrected chi connectivity index (χ2v) is 4.09. The van der Waals surface area contributed by atoms with Crippen molar-refractivity contribution in [2.75, 3.05) is 0 Å². The van der Waals surface area contributed by atoms with Gasteiger partial charge in [-0.25, -0.2) is 0 Å². The molecule has 0 saturated heterocycles. The van der Waals surface area contributed by atoms with Crippen molar-refractivity contribution in [3.8, 4) is 0 Å². The molecule has 0 unspecified atom stereocenters. The summed E-state index contributed by atoms with van der Waals surface area (Å²) >= 11 is 0. The van der Waals surface area contributed by atoms with E-state index in [-0.39, 0.29) is 709 Å². The Hall–Kier alpha value is 22.8. The zero-order valence-electron chi connectivity index (χ0n) is 43.3. The average molecular weight is 1140 g/mol. The first-order valence-electron chi connectivity index (χ1n) is 8.37. The summed E-state index contributed by atoms with van der Waals surface area (Å²) in [5.41, 5.74) is 0.525. The van der Waals surface area contributed by atoms with E-state index >= 15 is 0 Å². The molecule has 2 N–H and O–H groups in total. The van der Waals surface area contributed by atoms with Gasteiger partial charge >= 0.3 is 716 Å². The Kier molecular flexibility index (Phi) is 625. The van der Waals surface area contributed by atoms with E-state index in [1.54, 1.807) is 24.3 Å². The quantitative estimate of drug-likeness (QED) is 0.247. The maximum Gasteiger partial charge on any atom is 1.00 e. The average Bonchev–Trinajstić information content (AvgIpc) is 2.65. The van der Waals surface area contributed by atoms with E-state index in [0.29, 0.717) is 5.46 Å². The molecule has 1 aromatic rings. The third kappa shape index (κ3) is 516. The Balaban J connectivity index is -0.00000000610. The summed E-state index contributed by atoms with van der Waals surface area (Å²) in [5, 5.41) is 219. The molecule has 0 aromatic heterocycles. The summed E-state index contributed by atoms with van der Waals surface area (Å²) in [6, 6.07) is 8.66. The minimum absolute atomic E-state index is 0. The first kappa shape index (κ1) is 212. The van der Waals surface area contributed by atoms with E-state index in [2.05, 4.69) is 0 Å². The summed E-state index contributed by atoms with van der Waals surface area (Å²) in [6.07, 6.45) is 0. The molecule has 0 amide bonds. The zero-order valence-corrected chi connectivity index (χ0v) is 91.3. The molecule has 0 radical (unpaired) electrons. The van der Waals surface area contributed by atoms with Gasteiger partial charge in [-0.3, -0.25) is 58.6 Å². The van der Waals surface area contributed by atoms with E-state index < -0.39 is 65.7 Å². The maximum atomic E-state index is 8.58. The van der Waals surface area contributed by atoms with Gasteiger partial charge < -0.3 is 131 Å². The maximum absolute atomic E-state index is 8.58. The monoisotopic (exact) mass is 1150 g/mol. The summed E-state index contributed by atoms with van der Waals surface area (Å²) < 4.78 is 0. The molecule has 0 aliphatic carbocycles. The fourth-order valence-electron chi connectivity index (χ4n) is 0.625. The summed E-state index contributed by atoms with van der Waals surface area (Å²) in [6.45, 7) is 0. The Bertz CT molecular complexity index is 479. The summed E-state index contributed by atoms with van der Waals surface area (Å²) in [7, 11) is -24.7. The number of rotatable bonds is 1. The second-order valence-electron chi connectivity index (χ2n) is 4.09. The van der Waals surface area contributed by atoms with Crippen molar-refractivity contribution >= 4 is 71.2 Å². The van der Waals surface area contributed by atoms with Crippen molar-refractivity contribution in [2.24, 2.45) is 0 Å². The standard InChI is InChI=1S/C6H7BO2.8BO3.24Na/c8-7(9)6-4-2-1-3-5-6;8*2-1(3)4;;;;;;;;;;;;;;;;;;;;;;;;/h1-5,8-9H;;;;;;;;;;;;;;;;;;;;;;;;;;;;;;;;/q;8*-3;24*+1. The number of hydrogen-bond donors (Lipinski definition) is 2. The first-order valence-corrected chi connectivity index (χ1v) is 8.37. The number of hydrogen-bond acceptors (Lipinski definition) is 26. The predicted octanol–water partition coefficient (Wildman–Crippen LogP) is -104. The zero-order chi connectivity index (χ0) is 35.3. The predicted molar refractivity (Wildman–Crippen MR) is 82.3 cm³/mol. The Labute approximate surface area is 914 Å². The van der Waals surface area contributed by atoms with Crippen LogP contribution in [-0.4, -0.2) is 75.7 Å². The van der Waals surface area contributed by atoms with E-state index in [1.807, 2.05) is 6.07 Å². The van der Waals surface area contributed by atoms with Crippen LogP contribution in [0.15, 0.2) is 30.3 Å². The molecule has 0 heterocycles. The third-order valence-electron chi connectivity index (χ3n) is 1.10. The topological polar surface area (TPSA) is 594 Å². The van der Waals surface area contributed by atoms with Crippen LogP contribution in [0.25, 0.3) is 0 Å². The fraction of sp³-hybridized carbons (Fsp3) is 0.